The maximum absolute atomic E-state index is 13.4. The summed E-state index contributed by atoms with van der Waals surface area (Å²) in [6, 6.07) is 22.7. The number of aliphatic hydroxyl groups is 1. The first kappa shape index (κ1) is 31.1. The summed E-state index contributed by atoms with van der Waals surface area (Å²) >= 11 is 5.65. The quantitative estimate of drug-likeness (QED) is 0.106. The number of hydrogen-bond donors (Lipinski definition) is 2. The second-order valence-electron chi connectivity index (χ2n) is 9.81. The number of furan rings is 1. The number of methoxy groups -OCH3 is 1. The summed E-state index contributed by atoms with van der Waals surface area (Å²) in [6.07, 6.45) is 1.49. The minimum absolute atomic E-state index is 0.0686. The molecule has 0 fully saturated rings. The van der Waals surface area contributed by atoms with Gasteiger partial charge in [-0.25, -0.2) is 4.79 Å². The van der Waals surface area contributed by atoms with Crippen LogP contribution in [0.1, 0.15) is 39.2 Å². The van der Waals surface area contributed by atoms with Crippen molar-refractivity contribution in [3.8, 4) is 5.75 Å². The lowest BCUT2D eigenvalue weighted by Crippen LogP contribution is -2.39. The van der Waals surface area contributed by atoms with E-state index in [9.17, 15) is 14.7 Å². The lowest BCUT2D eigenvalue weighted by atomic mass is 10.0. The number of aliphatic hydroxyl groups excluding tert-OH is 1. The molecule has 0 aliphatic heterocycles. The van der Waals surface area contributed by atoms with Gasteiger partial charge in [-0.2, -0.15) is 0 Å². The van der Waals surface area contributed by atoms with Crippen LogP contribution in [0.4, 0.5) is 0 Å². The van der Waals surface area contributed by atoms with Crippen molar-refractivity contribution in [1.29, 1.82) is 0 Å². The van der Waals surface area contributed by atoms with Gasteiger partial charge in [0, 0.05) is 24.1 Å². The highest BCUT2D eigenvalue weighted by molar-refractivity contribution is 6.18. The summed E-state index contributed by atoms with van der Waals surface area (Å²) in [5.74, 6) is 0.563. The summed E-state index contributed by atoms with van der Waals surface area (Å²) in [5.41, 5.74) is 3.55. The van der Waals surface area contributed by atoms with Crippen molar-refractivity contribution in [2.24, 2.45) is 0 Å². The van der Waals surface area contributed by atoms with Crippen LogP contribution in [0.5, 0.6) is 5.75 Å². The number of esters is 1. The monoisotopic (exact) mass is 593 g/mol. The Bertz CT molecular complexity index is 1440. The van der Waals surface area contributed by atoms with Gasteiger partial charge in [0.2, 0.25) is 5.91 Å². The fraction of sp³-hybridized carbons (Fsp3) is 0.333. The van der Waals surface area contributed by atoms with Gasteiger partial charge < -0.3 is 29.1 Å². The van der Waals surface area contributed by atoms with E-state index in [1.165, 1.54) is 7.11 Å². The molecule has 42 heavy (non-hydrogen) atoms. The van der Waals surface area contributed by atoms with Crippen LogP contribution >= 0.6 is 11.6 Å². The van der Waals surface area contributed by atoms with Crippen LogP contribution in [0.25, 0.3) is 11.0 Å². The van der Waals surface area contributed by atoms with Crippen molar-refractivity contribution in [2.45, 2.75) is 31.7 Å². The number of rotatable bonds is 16. The highest BCUT2D eigenvalue weighted by Gasteiger charge is 2.25. The first-order valence-electron chi connectivity index (χ1n) is 13.9. The third-order valence-corrected chi connectivity index (χ3v) is 6.91. The van der Waals surface area contributed by atoms with Crippen molar-refractivity contribution >= 4 is 34.4 Å². The Morgan fingerprint density at radius 2 is 1.67 bits per heavy atom. The summed E-state index contributed by atoms with van der Waals surface area (Å²) in [5, 5.41) is 13.3. The van der Waals surface area contributed by atoms with E-state index in [0.29, 0.717) is 59.8 Å². The van der Waals surface area contributed by atoms with Gasteiger partial charge in [-0.05, 0) is 41.7 Å². The molecule has 0 radical (unpaired) electrons. The normalized spacial score (nSPS) is 11.8. The number of benzene rings is 3. The molecule has 1 amide bonds. The standard InChI is InChI=1S/C33H36ClNO7/c1-39-29-21-25(12-13-30(37)35-26(22-36)18-23-8-4-2-5-9-23)19-27-31(33(38)41-17-16-40-15-14-34)28(42-32(27)29)20-24-10-6-3-7-11-24/h2-11,19,21,26,36H,12-18,20,22H2,1H3,(H,35,37)/t26-/m0/s1. The molecule has 1 heterocycles. The molecular formula is C33H36ClNO7. The van der Waals surface area contributed by atoms with Gasteiger partial charge in [-0.15, -0.1) is 11.6 Å². The van der Waals surface area contributed by atoms with Crippen molar-refractivity contribution in [2.75, 3.05) is 39.4 Å². The van der Waals surface area contributed by atoms with E-state index in [4.69, 9.17) is 30.2 Å². The minimum Gasteiger partial charge on any atom is -0.493 e. The number of hydrogen-bond acceptors (Lipinski definition) is 7. The maximum Gasteiger partial charge on any atom is 0.342 e. The number of alkyl halides is 1. The molecule has 222 valence electrons. The van der Waals surface area contributed by atoms with E-state index < -0.39 is 5.97 Å². The molecule has 0 spiro atoms. The van der Waals surface area contributed by atoms with Crippen LogP contribution in [0.15, 0.2) is 77.2 Å². The van der Waals surface area contributed by atoms with Crippen LogP contribution in [0.3, 0.4) is 0 Å². The second kappa shape index (κ2) is 16.0. The first-order valence-corrected chi connectivity index (χ1v) is 14.5. The highest BCUT2D eigenvalue weighted by atomic mass is 35.5. The zero-order valence-electron chi connectivity index (χ0n) is 23.6. The molecule has 0 unspecified atom stereocenters. The number of aryl methyl sites for hydroxylation is 1. The lowest BCUT2D eigenvalue weighted by Gasteiger charge is -2.16. The largest absolute Gasteiger partial charge is 0.493 e. The van der Waals surface area contributed by atoms with E-state index in [1.807, 2.05) is 72.8 Å². The number of carbonyl (C=O) groups is 2. The van der Waals surface area contributed by atoms with Crippen LogP contribution in [-0.4, -0.2) is 62.4 Å². The number of nitrogens with one attached hydrogen (secondary N) is 1. The summed E-state index contributed by atoms with van der Waals surface area (Å²) in [4.78, 5) is 26.2. The molecule has 1 atom stereocenters. The Balaban J connectivity index is 1.54. The molecule has 0 aliphatic rings. The zero-order valence-corrected chi connectivity index (χ0v) is 24.4. The third kappa shape index (κ3) is 8.58. The molecule has 3 aromatic carbocycles. The molecule has 0 bridgehead atoms. The van der Waals surface area contributed by atoms with Crippen molar-refractivity contribution in [3.05, 3.63) is 101 Å². The Morgan fingerprint density at radius 1 is 0.952 bits per heavy atom. The van der Waals surface area contributed by atoms with Gasteiger partial charge in [-0.1, -0.05) is 60.7 Å². The third-order valence-electron chi connectivity index (χ3n) is 6.75. The van der Waals surface area contributed by atoms with Gasteiger partial charge >= 0.3 is 5.97 Å². The Morgan fingerprint density at radius 3 is 2.33 bits per heavy atom. The summed E-state index contributed by atoms with van der Waals surface area (Å²) in [6.45, 7) is 0.499. The van der Waals surface area contributed by atoms with Crippen molar-refractivity contribution in [3.63, 3.8) is 0 Å². The smallest absolute Gasteiger partial charge is 0.342 e. The van der Waals surface area contributed by atoms with Gasteiger partial charge in [0.15, 0.2) is 11.3 Å². The van der Waals surface area contributed by atoms with Crippen molar-refractivity contribution in [1.82, 2.24) is 5.32 Å². The topological polar surface area (TPSA) is 107 Å². The van der Waals surface area contributed by atoms with Gasteiger partial charge in [0.05, 0.1) is 33.0 Å². The number of fused-ring (bicyclic) bond motifs is 1. The van der Waals surface area contributed by atoms with Gasteiger partial charge in [-0.3, -0.25) is 4.79 Å². The molecular weight excluding hydrogens is 558 g/mol. The molecule has 0 aliphatic carbocycles. The maximum atomic E-state index is 13.4. The second-order valence-corrected chi connectivity index (χ2v) is 10.2. The van der Waals surface area contributed by atoms with Crippen molar-refractivity contribution < 1.29 is 33.3 Å². The van der Waals surface area contributed by atoms with E-state index >= 15 is 0 Å². The highest BCUT2D eigenvalue weighted by Crippen LogP contribution is 2.36. The SMILES string of the molecule is COc1cc(CCC(=O)N[C@H](CO)Cc2ccccc2)cc2c(C(=O)OCCOCCCl)c(Cc3ccccc3)oc12. The van der Waals surface area contributed by atoms with Crippen LogP contribution < -0.4 is 10.1 Å². The molecule has 0 saturated carbocycles. The van der Waals surface area contributed by atoms with Gasteiger partial charge in [0.25, 0.3) is 0 Å². The predicted octanol–water partition coefficient (Wildman–Crippen LogP) is 5.10. The number of halogens is 1. The average molecular weight is 594 g/mol. The summed E-state index contributed by atoms with van der Waals surface area (Å²) in [7, 11) is 1.53. The molecule has 9 heteroatoms. The van der Waals surface area contributed by atoms with E-state index in [-0.39, 0.29) is 38.2 Å². The predicted molar refractivity (Wildman–Crippen MR) is 161 cm³/mol. The Hall–Kier alpha value is -3.85. The molecule has 2 N–H and O–H groups in total. The molecule has 1 aromatic heterocycles. The Kier molecular flexibility index (Phi) is 11.8. The number of amides is 1. The Labute approximate surface area is 250 Å². The fourth-order valence-corrected chi connectivity index (χ4v) is 4.85. The van der Waals surface area contributed by atoms with E-state index in [2.05, 4.69) is 5.32 Å². The first-order chi connectivity index (χ1) is 20.5. The van der Waals surface area contributed by atoms with E-state index in [1.54, 1.807) is 0 Å². The van der Waals surface area contributed by atoms with E-state index in [0.717, 1.165) is 16.7 Å². The fourth-order valence-electron chi connectivity index (χ4n) is 4.74. The van der Waals surface area contributed by atoms with Gasteiger partial charge in [0.1, 0.15) is 17.9 Å². The summed E-state index contributed by atoms with van der Waals surface area (Å²) < 4.78 is 22.7. The zero-order chi connectivity index (χ0) is 29.7. The molecule has 4 aromatic rings. The average Bonchev–Trinajstić information content (AvgIpc) is 3.37. The number of carbonyl (C=O) groups excluding carboxylic acids is 2. The minimum atomic E-state index is -0.530. The molecule has 8 nitrogen and oxygen atoms in total. The van der Waals surface area contributed by atoms with Crippen LogP contribution in [0.2, 0.25) is 0 Å². The molecule has 0 saturated heterocycles. The van der Waals surface area contributed by atoms with Crippen LogP contribution in [0, 0.1) is 0 Å². The lowest BCUT2D eigenvalue weighted by molar-refractivity contribution is -0.122. The molecule has 4 rings (SSSR count). The number of ether oxygens (including phenoxy) is 3. The van der Waals surface area contributed by atoms with Crippen LogP contribution in [-0.2, 0) is 33.5 Å².